The minimum absolute atomic E-state index is 0.00387. The standard InChI is InChI=1S/C21H24F2N4O4/c1-11-8-15(26-18(24-11)9-16(28)13-4-5-13)20(29)25-12(2)14-6-7-19(27-21(14)30-3)31-10-17(22)23/h6-8,12-13,17H,4-5,9-10H2,1-3H3,(H,25,29). The van der Waals surface area contributed by atoms with Crippen LogP contribution in [0.4, 0.5) is 8.78 Å². The number of amides is 1. The Hall–Kier alpha value is -3.17. The number of hydrogen-bond acceptors (Lipinski definition) is 7. The minimum atomic E-state index is -2.62. The number of aryl methyl sites for hydroxylation is 1. The monoisotopic (exact) mass is 434 g/mol. The summed E-state index contributed by atoms with van der Waals surface area (Å²) in [6.45, 7) is 2.68. The summed E-state index contributed by atoms with van der Waals surface area (Å²) in [5.41, 5.74) is 1.28. The van der Waals surface area contributed by atoms with E-state index < -0.39 is 25.0 Å². The summed E-state index contributed by atoms with van der Waals surface area (Å²) in [5, 5.41) is 2.80. The van der Waals surface area contributed by atoms with Crippen LogP contribution in [0.1, 0.15) is 53.4 Å². The predicted octanol–water partition coefficient (Wildman–Crippen LogP) is 2.85. The van der Waals surface area contributed by atoms with Gasteiger partial charge < -0.3 is 14.8 Å². The molecule has 0 aliphatic heterocycles. The Balaban J connectivity index is 1.71. The quantitative estimate of drug-likeness (QED) is 0.613. The summed E-state index contributed by atoms with van der Waals surface area (Å²) in [6, 6.07) is 4.04. The van der Waals surface area contributed by atoms with E-state index in [0.717, 1.165) is 12.8 Å². The summed E-state index contributed by atoms with van der Waals surface area (Å²) in [5.74, 6) is 0.210. The average Bonchev–Trinajstić information content (AvgIpc) is 3.57. The van der Waals surface area contributed by atoms with Crippen LogP contribution < -0.4 is 14.8 Å². The first-order valence-electron chi connectivity index (χ1n) is 9.90. The molecule has 1 aliphatic rings. The molecule has 31 heavy (non-hydrogen) atoms. The Labute approximate surface area is 178 Å². The molecule has 8 nitrogen and oxygen atoms in total. The fourth-order valence-electron chi connectivity index (χ4n) is 3.04. The second-order valence-corrected chi connectivity index (χ2v) is 7.37. The molecular formula is C21H24F2N4O4. The van der Waals surface area contributed by atoms with Gasteiger partial charge in [0.05, 0.1) is 19.6 Å². The van der Waals surface area contributed by atoms with Crippen LogP contribution in [-0.4, -0.2) is 46.8 Å². The SMILES string of the molecule is COc1nc(OCC(F)F)ccc1C(C)NC(=O)c1cc(C)nc(CC(=O)C2CC2)n1. The fraction of sp³-hybridized carbons (Fsp3) is 0.476. The number of nitrogens with one attached hydrogen (secondary N) is 1. The Morgan fingerprint density at radius 1 is 1.23 bits per heavy atom. The van der Waals surface area contributed by atoms with Crippen molar-refractivity contribution in [2.24, 2.45) is 5.92 Å². The zero-order valence-corrected chi connectivity index (χ0v) is 17.5. The molecule has 1 aliphatic carbocycles. The summed E-state index contributed by atoms with van der Waals surface area (Å²) < 4.78 is 34.8. The van der Waals surface area contributed by atoms with Crippen molar-refractivity contribution in [1.82, 2.24) is 20.3 Å². The number of halogens is 2. The van der Waals surface area contributed by atoms with Gasteiger partial charge in [-0.25, -0.2) is 18.7 Å². The smallest absolute Gasteiger partial charge is 0.272 e. The highest BCUT2D eigenvalue weighted by molar-refractivity contribution is 5.93. The minimum Gasteiger partial charge on any atom is -0.481 e. The molecule has 2 heterocycles. The zero-order valence-electron chi connectivity index (χ0n) is 17.5. The van der Waals surface area contributed by atoms with Crippen molar-refractivity contribution >= 4 is 11.7 Å². The number of Topliss-reactive ketones (excluding diaryl/α,β-unsaturated/α-hetero) is 1. The third-order valence-electron chi connectivity index (χ3n) is 4.73. The van der Waals surface area contributed by atoms with E-state index >= 15 is 0 Å². The summed E-state index contributed by atoms with van der Waals surface area (Å²) in [7, 11) is 1.38. The second kappa shape index (κ2) is 9.76. The van der Waals surface area contributed by atoms with Gasteiger partial charge in [-0.3, -0.25) is 9.59 Å². The molecule has 2 aromatic rings. The van der Waals surface area contributed by atoms with E-state index in [2.05, 4.69) is 20.3 Å². The van der Waals surface area contributed by atoms with Gasteiger partial charge in [-0.05, 0) is 38.8 Å². The van der Waals surface area contributed by atoms with Crippen LogP contribution in [0.25, 0.3) is 0 Å². The number of aromatic nitrogens is 3. The molecule has 1 N–H and O–H groups in total. The maximum Gasteiger partial charge on any atom is 0.272 e. The Morgan fingerprint density at radius 2 is 1.97 bits per heavy atom. The lowest BCUT2D eigenvalue weighted by molar-refractivity contribution is -0.119. The van der Waals surface area contributed by atoms with Gasteiger partial charge in [0.1, 0.15) is 17.3 Å². The zero-order chi connectivity index (χ0) is 22.5. The van der Waals surface area contributed by atoms with Crippen molar-refractivity contribution in [3.8, 4) is 11.8 Å². The molecule has 0 bridgehead atoms. The van der Waals surface area contributed by atoms with E-state index in [1.54, 1.807) is 26.0 Å². The summed E-state index contributed by atoms with van der Waals surface area (Å²) >= 11 is 0. The first kappa shape index (κ1) is 22.5. The molecule has 3 rings (SSSR count). The van der Waals surface area contributed by atoms with Gasteiger partial charge in [-0.15, -0.1) is 0 Å². The lowest BCUT2D eigenvalue weighted by atomic mass is 10.1. The molecule has 0 saturated heterocycles. The number of rotatable bonds is 10. The Bertz CT molecular complexity index is 966. The van der Waals surface area contributed by atoms with Crippen LogP contribution in [0.5, 0.6) is 11.8 Å². The first-order chi connectivity index (χ1) is 14.8. The molecule has 10 heteroatoms. The number of carbonyl (C=O) groups is 2. The van der Waals surface area contributed by atoms with Crippen LogP contribution in [0, 0.1) is 12.8 Å². The molecule has 1 amide bonds. The molecule has 1 unspecified atom stereocenters. The molecule has 0 spiro atoms. The van der Waals surface area contributed by atoms with E-state index in [1.165, 1.54) is 13.2 Å². The number of carbonyl (C=O) groups excluding carboxylic acids is 2. The number of ketones is 1. The first-order valence-corrected chi connectivity index (χ1v) is 9.90. The highest BCUT2D eigenvalue weighted by Crippen LogP contribution is 2.30. The van der Waals surface area contributed by atoms with Gasteiger partial charge in [-0.2, -0.15) is 4.98 Å². The Morgan fingerprint density at radius 3 is 2.61 bits per heavy atom. The van der Waals surface area contributed by atoms with Gasteiger partial charge in [0.2, 0.25) is 11.8 Å². The number of ether oxygens (including phenoxy) is 2. The highest BCUT2D eigenvalue weighted by Gasteiger charge is 2.30. The van der Waals surface area contributed by atoms with Crippen molar-refractivity contribution in [1.29, 1.82) is 0 Å². The third-order valence-corrected chi connectivity index (χ3v) is 4.73. The van der Waals surface area contributed by atoms with E-state index in [4.69, 9.17) is 9.47 Å². The number of alkyl halides is 2. The van der Waals surface area contributed by atoms with Crippen molar-refractivity contribution in [3.05, 3.63) is 41.0 Å². The van der Waals surface area contributed by atoms with Crippen LogP contribution in [0.15, 0.2) is 18.2 Å². The number of hydrogen-bond donors (Lipinski definition) is 1. The largest absolute Gasteiger partial charge is 0.481 e. The lowest BCUT2D eigenvalue weighted by Gasteiger charge is -2.17. The maximum atomic E-state index is 12.8. The van der Waals surface area contributed by atoms with E-state index in [-0.39, 0.29) is 35.6 Å². The molecule has 2 aromatic heterocycles. The Kier molecular flexibility index (Phi) is 7.09. The summed E-state index contributed by atoms with van der Waals surface area (Å²) in [6.07, 6.45) is -0.708. The maximum absolute atomic E-state index is 12.8. The predicted molar refractivity (Wildman–Crippen MR) is 106 cm³/mol. The second-order valence-electron chi connectivity index (χ2n) is 7.37. The van der Waals surface area contributed by atoms with Crippen LogP contribution >= 0.6 is 0 Å². The van der Waals surface area contributed by atoms with Gasteiger partial charge in [-0.1, -0.05) is 0 Å². The molecular weight excluding hydrogens is 410 g/mol. The van der Waals surface area contributed by atoms with E-state index in [1.807, 2.05) is 0 Å². The van der Waals surface area contributed by atoms with E-state index in [9.17, 15) is 18.4 Å². The molecule has 1 atom stereocenters. The third kappa shape index (κ3) is 6.16. The normalized spacial score (nSPS) is 14.3. The van der Waals surface area contributed by atoms with E-state index in [0.29, 0.717) is 17.1 Å². The topological polar surface area (TPSA) is 103 Å². The van der Waals surface area contributed by atoms with Crippen LogP contribution in [-0.2, 0) is 11.2 Å². The average molecular weight is 434 g/mol. The van der Waals surface area contributed by atoms with Gasteiger partial charge >= 0.3 is 0 Å². The molecule has 0 radical (unpaired) electrons. The fourth-order valence-corrected chi connectivity index (χ4v) is 3.04. The lowest BCUT2D eigenvalue weighted by Crippen LogP contribution is -2.28. The van der Waals surface area contributed by atoms with Crippen LogP contribution in [0.2, 0.25) is 0 Å². The van der Waals surface area contributed by atoms with Crippen molar-refractivity contribution < 1.29 is 27.8 Å². The summed E-state index contributed by atoms with van der Waals surface area (Å²) in [4.78, 5) is 37.4. The van der Waals surface area contributed by atoms with Crippen molar-refractivity contribution in [2.45, 2.75) is 45.6 Å². The number of methoxy groups -OCH3 is 1. The number of nitrogens with zero attached hydrogens (tertiary/aromatic N) is 3. The number of pyridine rings is 1. The van der Waals surface area contributed by atoms with Crippen molar-refractivity contribution in [3.63, 3.8) is 0 Å². The van der Waals surface area contributed by atoms with Gasteiger partial charge in [0.25, 0.3) is 12.3 Å². The van der Waals surface area contributed by atoms with Gasteiger partial charge in [0, 0.05) is 23.2 Å². The molecule has 0 aromatic carbocycles. The molecule has 1 saturated carbocycles. The molecule has 166 valence electrons. The molecule has 1 fully saturated rings. The highest BCUT2D eigenvalue weighted by atomic mass is 19.3. The van der Waals surface area contributed by atoms with Gasteiger partial charge in [0.15, 0.2) is 6.61 Å². The van der Waals surface area contributed by atoms with Crippen LogP contribution in [0.3, 0.4) is 0 Å². The van der Waals surface area contributed by atoms with Crippen molar-refractivity contribution in [2.75, 3.05) is 13.7 Å².